The van der Waals surface area contributed by atoms with Crippen molar-refractivity contribution in [3.05, 3.63) is 47.7 Å². The molecule has 1 aromatic heterocycles. The molecule has 0 fully saturated rings. The molecule has 3 nitrogen and oxygen atoms in total. The van der Waals surface area contributed by atoms with Gasteiger partial charge in [-0.25, -0.2) is 0 Å². The first kappa shape index (κ1) is 11.0. The normalized spacial score (nSPS) is 10.3. The van der Waals surface area contributed by atoms with Crippen molar-refractivity contribution in [3.8, 4) is 0 Å². The summed E-state index contributed by atoms with van der Waals surface area (Å²) in [5.74, 6) is 0. The molecule has 0 radical (unpaired) electrons. The van der Waals surface area contributed by atoms with E-state index in [1.807, 2.05) is 29.1 Å². The minimum Gasteiger partial charge on any atom is -0.385 e. The molecule has 4 heteroatoms. The van der Waals surface area contributed by atoms with E-state index in [0.717, 1.165) is 25.2 Å². The van der Waals surface area contributed by atoms with Gasteiger partial charge in [0, 0.05) is 25.0 Å². The topological polar surface area (TPSA) is 29.9 Å². The number of nitrogens with zero attached hydrogens (tertiary/aromatic N) is 2. The maximum absolute atomic E-state index is 5.77. The number of anilines is 1. The van der Waals surface area contributed by atoms with E-state index in [1.54, 1.807) is 6.20 Å². The number of para-hydroxylation sites is 1. The average molecular weight is 236 g/mol. The molecule has 0 unspecified atom stereocenters. The molecule has 0 spiro atoms. The molecular weight excluding hydrogens is 222 g/mol. The van der Waals surface area contributed by atoms with Gasteiger partial charge in [-0.3, -0.25) is 4.68 Å². The van der Waals surface area contributed by atoms with Gasteiger partial charge in [0.1, 0.15) is 0 Å². The van der Waals surface area contributed by atoms with Gasteiger partial charge in [0.2, 0.25) is 0 Å². The van der Waals surface area contributed by atoms with E-state index in [1.165, 1.54) is 0 Å². The average Bonchev–Trinajstić information content (AvgIpc) is 2.72. The summed E-state index contributed by atoms with van der Waals surface area (Å²) in [5, 5.41) is 8.16. The number of rotatable bonds is 5. The Morgan fingerprint density at radius 3 is 2.75 bits per heavy atom. The Balaban J connectivity index is 1.69. The second kappa shape index (κ2) is 5.56. The molecular formula is C12H14ClN3. The van der Waals surface area contributed by atoms with Crippen molar-refractivity contribution in [2.24, 2.45) is 0 Å². The first-order valence-electron chi connectivity index (χ1n) is 5.31. The van der Waals surface area contributed by atoms with Crippen molar-refractivity contribution in [1.29, 1.82) is 0 Å². The van der Waals surface area contributed by atoms with Crippen molar-refractivity contribution in [1.82, 2.24) is 9.78 Å². The number of hydrogen-bond donors (Lipinski definition) is 1. The van der Waals surface area contributed by atoms with Gasteiger partial charge < -0.3 is 5.32 Å². The lowest BCUT2D eigenvalue weighted by molar-refractivity contribution is 0.592. The molecule has 0 bridgehead atoms. The molecule has 1 heterocycles. The standard InChI is InChI=1S/C12H14ClN3/c13-11-9-15-16(10-11)8-4-7-14-12-5-2-1-3-6-12/h1-3,5-6,9-10,14H,4,7-8H2. The zero-order chi connectivity index (χ0) is 11.2. The number of nitrogens with one attached hydrogen (secondary N) is 1. The minimum atomic E-state index is 0.691. The summed E-state index contributed by atoms with van der Waals surface area (Å²) in [5.41, 5.74) is 1.15. The third-order valence-corrected chi connectivity index (χ3v) is 2.46. The monoisotopic (exact) mass is 235 g/mol. The number of aryl methyl sites for hydroxylation is 1. The van der Waals surface area contributed by atoms with Crippen LogP contribution in [0.3, 0.4) is 0 Å². The van der Waals surface area contributed by atoms with E-state index in [0.29, 0.717) is 5.02 Å². The minimum absolute atomic E-state index is 0.691. The maximum Gasteiger partial charge on any atom is 0.0785 e. The summed E-state index contributed by atoms with van der Waals surface area (Å²) in [4.78, 5) is 0. The number of hydrogen-bond acceptors (Lipinski definition) is 2. The summed E-state index contributed by atoms with van der Waals surface area (Å²) >= 11 is 5.77. The fourth-order valence-corrected chi connectivity index (χ4v) is 1.65. The van der Waals surface area contributed by atoms with Crippen LogP contribution in [-0.2, 0) is 6.54 Å². The number of benzene rings is 1. The summed E-state index contributed by atoms with van der Waals surface area (Å²) in [6.07, 6.45) is 4.52. The third-order valence-electron chi connectivity index (χ3n) is 2.27. The zero-order valence-electron chi connectivity index (χ0n) is 8.94. The Bertz CT molecular complexity index is 425. The smallest absolute Gasteiger partial charge is 0.0785 e. The molecule has 0 aliphatic rings. The van der Waals surface area contributed by atoms with Crippen LogP contribution in [0, 0.1) is 0 Å². The molecule has 2 aromatic rings. The molecule has 0 amide bonds. The SMILES string of the molecule is Clc1cnn(CCCNc2ccccc2)c1. The Labute approximate surface area is 100 Å². The molecule has 0 saturated carbocycles. The fourth-order valence-electron chi connectivity index (χ4n) is 1.49. The van der Waals surface area contributed by atoms with Gasteiger partial charge in [0.05, 0.1) is 11.2 Å². The number of aromatic nitrogens is 2. The van der Waals surface area contributed by atoms with Crippen molar-refractivity contribution >= 4 is 17.3 Å². The second-order valence-corrected chi connectivity index (χ2v) is 4.00. The van der Waals surface area contributed by atoms with Crippen LogP contribution in [0.25, 0.3) is 0 Å². The van der Waals surface area contributed by atoms with Gasteiger partial charge in [-0.15, -0.1) is 0 Å². The van der Waals surface area contributed by atoms with Crippen molar-refractivity contribution in [3.63, 3.8) is 0 Å². The van der Waals surface area contributed by atoms with E-state index in [-0.39, 0.29) is 0 Å². The van der Waals surface area contributed by atoms with Crippen LogP contribution >= 0.6 is 11.6 Å². The molecule has 16 heavy (non-hydrogen) atoms. The lowest BCUT2D eigenvalue weighted by atomic mass is 10.3. The summed E-state index contributed by atoms with van der Waals surface area (Å²) in [7, 11) is 0. The molecule has 1 N–H and O–H groups in total. The molecule has 1 aromatic carbocycles. The van der Waals surface area contributed by atoms with E-state index in [2.05, 4.69) is 22.5 Å². The van der Waals surface area contributed by atoms with Crippen LogP contribution in [0.1, 0.15) is 6.42 Å². The Morgan fingerprint density at radius 2 is 2.06 bits per heavy atom. The van der Waals surface area contributed by atoms with Gasteiger partial charge in [-0.2, -0.15) is 5.10 Å². The Morgan fingerprint density at radius 1 is 1.25 bits per heavy atom. The molecule has 84 valence electrons. The first-order valence-corrected chi connectivity index (χ1v) is 5.69. The maximum atomic E-state index is 5.77. The molecule has 0 aliphatic carbocycles. The quantitative estimate of drug-likeness (QED) is 0.808. The largest absolute Gasteiger partial charge is 0.385 e. The second-order valence-electron chi connectivity index (χ2n) is 3.57. The summed E-state index contributed by atoms with van der Waals surface area (Å²) < 4.78 is 1.86. The highest BCUT2D eigenvalue weighted by molar-refractivity contribution is 6.30. The summed E-state index contributed by atoms with van der Waals surface area (Å²) in [6.45, 7) is 1.81. The predicted molar refractivity (Wildman–Crippen MR) is 66.8 cm³/mol. The van der Waals surface area contributed by atoms with Gasteiger partial charge in [-0.1, -0.05) is 29.8 Å². The molecule has 0 saturated heterocycles. The van der Waals surface area contributed by atoms with E-state index < -0.39 is 0 Å². The highest BCUT2D eigenvalue weighted by atomic mass is 35.5. The predicted octanol–water partition coefficient (Wildman–Crippen LogP) is 3.04. The van der Waals surface area contributed by atoms with Crippen LogP contribution in [0.2, 0.25) is 5.02 Å². The molecule has 0 aliphatic heterocycles. The van der Waals surface area contributed by atoms with Gasteiger partial charge in [0.25, 0.3) is 0 Å². The summed E-state index contributed by atoms with van der Waals surface area (Å²) in [6, 6.07) is 10.2. The fraction of sp³-hybridized carbons (Fsp3) is 0.250. The van der Waals surface area contributed by atoms with Crippen LogP contribution in [-0.4, -0.2) is 16.3 Å². The lowest BCUT2D eigenvalue weighted by Crippen LogP contribution is -2.06. The first-order chi connectivity index (χ1) is 7.84. The Hall–Kier alpha value is -1.48. The third kappa shape index (κ3) is 3.28. The van der Waals surface area contributed by atoms with Crippen LogP contribution in [0.5, 0.6) is 0 Å². The van der Waals surface area contributed by atoms with Crippen LogP contribution < -0.4 is 5.32 Å². The van der Waals surface area contributed by atoms with Crippen molar-refractivity contribution in [2.75, 3.05) is 11.9 Å². The highest BCUT2D eigenvalue weighted by Crippen LogP contribution is 2.06. The highest BCUT2D eigenvalue weighted by Gasteiger charge is 1.95. The van der Waals surface area contributed by atoms with Crippen LogP contribution in [0.4, 0.5) is 5.69 Å². The van der Waals surface area contributed by atoms with Crippen molar-refractivity contribution < 1.29 is 0 Å². The molecule has 0 atom stereocenters. The lowest BCUT2D eigenvalue weighted by Gasteiger charge is -2.05. The van der Waals surface area contributed by atoms with Gasteiger partial charge in [-0.05, 0) is 18.6 Å². The van der Waals surface area contributed by atoms with Gasteiger partial charge in [0.15, 0.2) is 0 Å². The van der Waals surface area contributed by atoms with Gasteiger partial charge >= 0.3 is 0 Å². The Kier molecular flexibility index (Phi) is 3.83. The number of halogens is 1. The van der Waals surface area contributed by atoms with E-state index in [4.69, 9.17) is 11.6 Å². The van der Waals surface area contributed by atoms with E-state index in [9.17, 15) is 0 Å². The van der Waals surface area contributed by atoms with Crippen molar-refractivity contribution in [2.45, 2.75) is 13.0 Å². The van der Waals surface area contributed by atoms with E-state index >= 15 is 0 Å². The zero-order valence-corrected chi connectivity index (χ0v) is 9.69. The molecule has 2 rings (SSSR count). The van der Waals surface area contributed by atoms with Crippen LogP contribution in [0.15, 0.2) is 42.7 Å².